The standard InChI is InChI=1S/C14H19N3S/c1-3-6-16-12-7-13(9-15-8-12)17-10-14-5-4-11(2)18-14/h4-5,7-9,16-17H,3,6,10H2,1-2H3. The van der Waals surface area contributed by atoms with Gasteiger partial charge in [0, 0.05) is 22.8 Å². The van der Waals surface area contributed by atoms with Crippen LogP contribution in [0.4, 0.5) is 11.4 Å². The Labute approximate surface area is 112 Å². The molecule has 0 spiro atoms. The van der Waals surface area contributed by atoms with E-state index in [-0.39, 0.29) is 0 Å². The molecule has 96 valence electrons. The van der Waals surface area contributed by atoms with Gasteiger partial charge in [-0.1, -0.05) is 6.92 Å². The van der Waals surface area contributed by atoms with Crippen LogP contribution >= 0.6 is 11.3 Å². The molecule has 0 aliphatic carbocycles. The van der Waals surface area contributed by atoms with E-state index in [1.807, 2.05) is 23.7 Å². The molecule has 18 heavy (non-hydrogen) atoms. The quantitative estimate of drug-likeness (QED) is 0.828. The maximum Gasteiger partial charge on any atom is 0.0550 e. The molecule has 3 nitrogen and oxygen atoms in total. The van der Waals surface area contributed by atoms with Crippen molar-refractivity contribution in [1.82, 2.24) is 4.98 Å². The number of pyridine rings is 1. The van der Waals surface area contributed by atoms with Gasteiger partial charge in [0.1, 0.15) is 0 Å². The third kappa shape index (κ3) is 3.74. The van der Waals surface area contributed by atoms with E-state index in [1.54, 1.807) is 0 Å². The van der Waals surface area contributed by atoms with Crippen LogP contribution in [-0.2, 0) is 6.54 Å². The SMILES string of the molecule is CCCNc1cncc(NCc2ccc(C)s2)c1. The number of hydrogen-bond donors (Lipinski definition) is 2. The molecule has 2 heterocycles. The third-order valence-electron chi connectivity index (χ3n) is 2.58. The van der Waals surface area contributed by atoms with E-state index in [4.69, 9.17) is 0 Å². The summed E-state index contributed by atoms with van der Waals surface area (Å²) >= 11 is 1.83. The monoisotopic (exact) mass is 261 g/mol. The molecule has 0 aliphatic heterocycles. The lowest BCUT2D eigenvalue weighted by Gasteiger charge is -2.08. The van der Waals surface area contributed by atoms with Crippen molar-refractivity contribution in [2.24, 2.45) is 0 Å². The highest BCUT2D eigenvalue weighted by Crippen LogP contribution is 2.18. The largest absolute Gasteiger partial charge is 0.384 e. The fraction of sp³-hybridized carbons (Fsp3) is 0.357. The van der Waals surface area contributed by atoms with Crippen molar-refractivity contribution in [3.8, 4) is 0 Å². The number of nitrogens with zero attached hydrogens (tertiary/aromatic N) is 1. The van der Waals surface area contributed by atoms with Gasteiger partial charge in [0.15, 0.2) is 0 Å². The van der Waals surface area contributed by atoms with Gasteiger partial charge in [-0.25, -0.2) is 0 Å². The van der Waals surface area contributed by atoms with Crippen molar-refractivity contribution >= 4 is 22.7 Å². The Morgan fingerprint density at radius 1 is 1.17 bits per heavy atom. The molecular formula is C14H19N3S. The van der Waals surface area contributed by atoms with Crippen molar-refractivity contribution in [2.45, 2.75) is 26.8 Å². The van der Waals surface area contributed by atoms with Gasteiger partial charge < -0.3 is 10.6 Å². The Kier molecular flexibility index (Phi) is 4.59. The van der Waals surface area contributed by atoms with Gasteiger partial charge in [-0.05, 0) is 31.5 Å². The van der Waals surface area contributed by atoms with Gasteiger partial charge in [0.25, 0.3) is 0 Å². The summed E-state index contributed by atoms with van der Waals surface area (Å²) in [4.78, 5) is 6.93. The summed E-state index contributed by atoms with van der Waals surface area (Å²) in [5.41, 5.74) is 2.13. The Bertz CT molecular complexity index is 493. The molecule has 0 amide bonds. The van der Waals surface area contributed by atoms with Crippen molar-refractivity contribution in [3.05, 3.63) is 40.3 Å². The highest BCUT2D eigenvalue weighted by Gasteiger charge is 1.99. The molecule has 0 aromatic carbocycles. The van der Waals surface area contributed by atoms with Gasteiger partial charge in [0.2, 0.25) is 0 Å². The molecule has 0 radical (unpaired) electrons. The molecule has 0 bridgehead atoms. The molecular weight excluding hydrogens is 242 g/mol. The Morgan fingerprint density at radius 3 is 2.61 bits per heavy atom. The maximum atomic E-state index is 4.23. The zero-order valence-corrected chi connectivity index (χ0v) is 11.7. The summed E-state index contributed by atoms with van der Waals surface area (Å²) in [6.45, 7) is 6.12. The lowest BCUT2D eigenvalue weighted by molar-refractivity contribution is 0.977. The molecule has 0 atom stereocenters. The normalized spacial score (nSPS) is 10.3. The minimum absolute atomic E-state index is 0.859. The van der Waals surface area contributed by atoms with Crippen LogP contribution in [0.1, 0.15) is 23.1 Å². The lowest BCUT2D eigenvalue weighted by atomic mass is 10.3. The average Bonchev–Trinajstić information content (AvgIpc) is 2.80. The number of nitrogens with one attached hydrogen (secondary N) is 2. The van der Waals surface area contributed by atoms with Crippen LogP contribution in [0.3, 0.4) is 0 Å². The Hall–Kier alpha value is -1.55. The molecule has 2 rings (SSSR count). The van der Waals surface area contributed by atoms with Gasteiger partial charge in [-0.3, -0.25) is 4.98 Å². The second-order valence-electron chi connectivity index (χ2n) is 4.25. The van der Waals surface area contributed by atoms with Crippen molar-refractivity contribution in [2.75, 3.05) is 17.2 Å². The fourth-order valence-electron chi connectivity index (χ4n) is 1.67. The molecule has 0 unspecified atom stereocenters. The Balaban J connectivity index is 1.92. The highest BCUT2D eigenvalue weighted by atomic mass is 32.1. The molecule has 0 fully saturated rings. The van der Waals surface area contributed by atoms with Crippen LogP contribution in [0.5, 0.6) is 0 Å². The van der Waals surface area contributed by atoms with Crippen molar-refractivity contribution in [1.29, 1.82) is 0 Å². The van der Waals surface area contributed by atoms with Crippen LogP contribution in [-0.4, -0.2) is 11.5 Å². The van der Waals surface area contributed by atoms with E-state index in [9.17, 15) is 0 Å². The number of rotatable bonds is 6. The van der Waals surface area contributed by atoms with Crippen LogP contribution in [0.2, 0.25) is 0 Å². The smallest absolute Gasteiger partial charge is 0.0550 e. The topological polar surface area (TPSA) is 37.0 Å². The van der Waals surface area contributed by atoms with E-state index >= 15 is 0 Å². The zero-order chi connectivity index (χ0) is 12.8. The van der Waals surface area contributed by atoms with Crippen LogP contribution in [0.25, 0.3) is 0 Å². The summed E-state index contributed by atoms with van der Waals surface area (Å²) in [5.74, 6) is 0. The second-order valence-corrected chi connectivity index (χ2v) is 5.63. The Morgan fingerprint density at radius 2 is 1.94 bits per heavy atom. The van der Waals surface area contributed by atoms with Gasteiger partial charge in [0.05, 0.1) is 23.8 Å². The van der Waals surface area contributed by atoms with Gasteiger partial charge in [-0.15, -0.1) is 11.3 Å². The summed E-state index contributed by atoms with van der Waals surface area (Å²) in [7, 11) is 0. The minimum atomic E-state index is 0.859. The van der Waals surface area contributed by atoms with Crippen molar-refractivity contribution < 1.29 is 0 Å². The number of hydrogen-bond acceptors (Lipinski definition) is 4. The van der Waals surface area contributed by atoms with Crippen molar-refractivity contribution in [3.63, 3.8) is 0 Å². The average molecular weight is 261 g/mol. The van der Waals surface area contributed by atoms with Crippen LogP contribution < -0.4 is 10.6 Å². The zero-order valence-electron chi connectivity index (χ0n) is 10.9. The predicted molar refractivity (Wildman–Crippen MR) is 79.4 cm³/mol. The summed E-state index contributed by atoms with van der Waals surface area (Å²) in [6, 6.07) is 6.42. The van der Waals surface area contributed by atoms with E-state index < -0.39 is 0 Å². The van der Waals surface area contributed by atoms with Crippen LogP contribution in [0.15, 0.2) is 30.6 Å². The first kappa shape index (κ1) is 12.9. The first-order chi connectivity index (χ1) is 8.78. The number of thiophene rings is 1. The molecule has 2 N–H and O–H groups in total. The molecule has 4 heteroatoms. The van der Waals surface area contributed by atoms with Gasteiger partial charge in [-0.2, -0.15) is 0 Å². The molecule has 0 saturated carbocycles. The maximum absolute atomic E-state index is 4.23. The highest BCUT2D eigenvalue weighted by molar-refractivity contribution is 7.11. The van der Waals surface area contributed by atoms with E-state index in [0.29, 0.717) is 0 Å². The first-order valence-corrected chi connectivity index (χ1v) is 7.07. The summed E-state index contributed by atoms with van der Waals surface area (Å²) in [5, 5.41) is 6.74. The second kappa shape index (κ2) is 6.40. The van der Waals surface area contributed by atoms with E-state index in [1.165, 1.54) is 9.75 Å². The minimum Gasteiger partial charge on any atom is -0.384 e. The van der Waals surface area contributed by atoms with E-state index in [2.05, 4.69) is 47.7 Å². The summed E-state index contributed by atoms with van der Waals surface area (Å²) < 4.78 is 0. The third-order valence-corrected chi connectivity index (χ3v) is 3.58. The van der Waals surface area contributed by atoms with Crippen LogP contribution in [0, 0.1) is 6.92 Å². The molecule has 2 aromatic heterocycles. The first-order valence-electron chi connectivity index (χ1n) is 6.26. The molecule has 0 saturated heterocycles. The number of aryl methyl sites for hydroxylation is 1. The molecule has 2 aromatic rings. The fourth-order valence-corrected chi connectivity index (χ4v) is 2.50. The number of anilines is 2. The predicted octanol–water partition coefficient (Wildman–Crippen LogP) is 3.89. The van der Waals surface area contributed by atoms with Gasteiger partial charge >= 0.3 is 0 Å². The lowest BCUT2D eigenvalue weighted by Crippen LogP contribution is -2.02. The number of aromatic nitrogens is 1. The molecule has 0 aliphatic rings. The van der Waals surface area contributed by atoms with E-state index in [0.717, 1.165) is 30.9 Å². The summed E-state index contributed by atoms with van der Waals surface area (Å²) in [6.07, 6.45) is 4.83.